The maximum atomic E-state index is 4.18. The molecule has 110 valence electrons. The summed E-state index contributed by atoms with van der Waals surface area (Å²) < 4.78 is 2.40. The summed E-state index contributed by atoms with van der Waals surface area (Å²) in [5, 5.41) is 4.76. The van der Waals surface area contributed by atoms with Crippen LogP contribution in [0.2, 0.25) is 0 Å². The number of nitrogens with one attached hydrogen (secondary N) is 1. The van der Waals surface area contributed by atoms with Gasteiger partial charge in [-0.15, -0.1) is 11.3 Å². The minimum absolute atomic E-state index is 0.910. The van der Waals surface area contributed by atoms with Gasteiger partial charge in [0.1, 0.15) is 0 Å². The molecule has 1 N–H and O–H groups in total. The number of aryl methyl sites for hydroxylation is 1. The second-order valence-electron chi connectivity index (χ2n) is 5.40. The quantitative estimate of drug-likeness (QED) is 0.775. The highest BCUT2D eigenvalue weighted by molar-refractivity contribution is 7.09. The number of fused-ring (bicyclic) bond motifs is 1. The van der Waals surface area contributed by atoms with Gasteiger partial charge in [0.15, 0.2) is 0 Å². The monoisotopic (exact) mass is 299 g/mol. The highest BCUT2D eigenvalue weighted by Gasteiger charge is 2.12. The molecule has 0 atom stereocenters. The lowest BCUT2D eigenvalue weighted by atomic mass is 10.1. The van der Waals surface area contributed by atoms with Gasteiger partial charge in [0.25, 0.3) is 0 Å². The molecule has 0 aliphatic heterocycles. The van der Waals surface area contributed by atoms with E-state index in [-0.39, 0.29) is 0 Å². The molecule has 1 aromatic carbocycles. The van der Waals surface area contributed by atoms with Gasteiger partial charge in [-0.25, -0.2) is 0 Å². The van der Waals surface area contributed by atoms with Crippen molar-refractivity contribution in [3.63, 3.8) is 0 Å². The summed E-state index contributed by atoms with van der Waals surface area (Å²) in [4.78, 5) is 5.48. The molecular weight excluding hydrogens is 278 g/mol. The molecule has 0 bridgehead atoms. The fourth-order valence-corrected chi connectivity index (χ4v) is 3.34. The molecule has 4 heteroatoms. The molecule has 0 fully saturated rings. The van der Waals surface area contributed by atoms with Gasteiger partial charge in [-0.2, -0.15) is 0 Å². The third-order valence-corrected chi connectivity index (χ3v) is 4.84. The molecule has 0 aliphatic rings. The summed E-state index contributed by atoms with van der Waals surface area (Å²) in [6, 6.07) is 6.81. The average Bonchev–Trinajstić information content (AvgIpc) is 3.09. The predicted molar refractivity (Wildman–Crippen MR) is 90.0 cm³/mol. The Morgan fingerprint density at radius 2 is 2.14 bits per heavy atom. The van der Waals surface area contributed by atoms with Crippen molar-refractivity contribution in [3.8, 4) is 0 Å². The Bertz CT molecular complexity index is 741. The maximum absolute atomic E-state index is 4.18. The Balaban J connectivity index is 2.03. The average molecular weight is 299 g/mol. The van der Waals surface area contributed by atoms with E-state index < -0.39 is 0 Å². The highest BCUT2D eigenvalue weighted by Crippen LogP contribution is 2.27. The zero-order valence-corrected chi connectivity index (χ0v) is 13.6. The second-order valence-corrected chi connectivity index (χ2v) is 6.37. The van der Waals surface area contributed by atoms with Crippen LogP contribution in [-0.4, -0.2) is 16.1 Å². The molecule has 0 unspecified atom stereocenters. The van der Waals surface area contributed by atoms with Gasteiger partial charge >= 0.3 is 0 Å². The Labute approximate surface area is 129 Å². The van der Waals surface area contributed by atoms with Crippen LogP contribution in [0.4, 0.5) is 0 Å². The molecule has 2 heterocycles. The number of aromatic nitrogens is 2. The van der Waals surface area contributed by atoms with Crippen LogP contribution < -0.4 is 5.32 Å². The van der Waals surface area contributed by atoms with Crippen molar-refractivity contribution in [1.82, 2.24) is 14.9 Å². The smallest absolute Gasteiger partial charge is 0.0794 e. The van der Waals surface area contributed by atoms with Crippen LogP contribution in [0.15, 0.2) is 29.9 Å². The number of hydrogen-bond donors (Lipinski definition) is 1. The van der Waals surface area contributed by atoms with Crippen LogP contribution in [0, 0.1) is 13.8 Å². The van der Waals surface area contributed by atoms with Crippen LogP contribution in [0.5, 0.6) is 0 Å². The first-order valence-corrected chi connectivity index (χ1v) is 8.25. The fraction of sp³-hybridized carbons (Fsp3) is 0.353. The van der Waals surface area contributed by atoms with Crippen molar-refractivity contribution in [2.45, 2.75) is 33.9 Å². The number of nitrogens with zero attached hydrogens (tertiary/aromatic N) is 2. The molecular formula is C17H21N3S. The predicted octanol–water partition coefficient (Wildman–Crippen LogP) is 3.87. The van der Waals surface area contributed by atoms with E-state index in [4.69, 9.17) is 0 Å². The lowest BCUT2D eigenvalue weighted by Crippen LogP contribution is -2.11. The lowest BCUT2D eigenvalue weighted by Gasteiger charge is -2.07. The second kappa shape index (κ2) is 6.00. The molecule has 0 saturated carbocycles. The van der Waals surface area contributed by atoms with Gasteiger partial charge < -0.3 is 9.88 Å². The van der Waals surface area contributed by atoms with Crippen LogP contribution in [0.25, 0.3) is 10.9 Å². The van der Waals surface area contributed by atoms with Gasteiger partial charge in [-0.1, -0.05) is 13.0 Å². The van der Waals surface area contributed by atoms with Crippen LogP contribution in [0.3, 0.4) is 0 Å². The van der Waals surface area contributed by atoms with E-state index >= 15 is 0 Å². The fourth-order valence-electron chi connectivity index (χ4n) is 2.76. The maximum Gasteiger partial charge on any atom is 0.0794 e. The van der Waals surface area contributed by atoms with Crippen LogP contribution in [-0.2, 0) is 13.1 Å². The molecule has 0 aliphatic carbocycles. The molecule has 0 amide bonds. The number of thiazole rings is 1. The summed E-state index contributed by atoms with van der Waals surface area (Å²) in [6.45, 7) is 9.42. The zero-order valence-electron chi connectivity index (χ0n) is 12.8. The van der Waals surface area contributed by atoms with Gasteiger partial charge in [0.05, 0.1) is 12.1 Å². The highest BCUT2D eigenvalue weighted by atomic mass is 32.1. The summed E-state index contributed by atoms with van der Waals surface area (Å²) in [5.74, 6) is 0. The van der Waals surface area contributed by atoms with Crippen molar-refractivity contribution in [1.29, 1.82) is 0 Å². The van der Waals surface area contributed by atoms with Crippen molar-refractivity contribution in [2.75, 3.05) is 6.54 Å². The Morgan fingerprint density at radius 3 is 2.86 bits per heavy atom. The first-order valence-electron chi connectivity index (χ1n) is 7.37. The van der Waals surface area contributed by atoms with E-state index in [1.54, 1.807) is 11.3 Å². The molecule has 2 aromatic heterocycles. The molecule has 3 rings (SSSR count). The first kappa shape index (κ1) is 14.3. The van der Waals surface area contributed by atoms with E-state index in [0.29, 0.717) is 0 Å². The minimum Gasteiger partial charge on any atom is -0.339 e. The molecule has 0 saturated heterocycles. The third-order valence-electron chi connectivity index (χ3n) is 4.08. The number of rotatable bonds is 5. The Hall–Kier alpha value is -1.65. The van der Waals surface area contributed by atoms with Crippen molar-refractivity contribution in [2.24, 2.45) is 0 Å². The van der Waals surface area contributed by atoms with Crippen molar-refractivity contribution < 1.29 is 0 Å². The van der Waals surface area contributed by atoms with Crippen LogP contribution >= 0.6 is 11.3 Å². The largest absolute Gasteiger partial charge is 0.339 e. The van der Waals surface area contributed by atoms with Crippen LogP contribution in [0.1, 0.15) is 28.6 Å². The normalized spacial score (nSPS) is 11.4. The zero-order chi connectivity index (χ0) is 14.8. The van der Waals surface area contributed by atoms with Gasteiger partial charge in [0, 0.05) is 34.2 Å². The molecule has 0 radical (unpaired) electrons. The summed E-state index contributed by atoms with van der Waals surface area (Å²) in [5.41, 5.74) is 7.30. The van der Waals surface area contributed by atoms with E-state index in [0.717, 1.165) is 19.6 Å². The van der Waals surface area contributed by atoms with E-state index in [9.17, 15) is 0 Å². The summed E-state index contributed by atoms with van der Waals surface area (Å²) in [7, 11) is 0. The topological polar surface area (TPSA) is 29.9 Å². The summed E-state index contributed by atoms with van der Waals surface area (Å²) >= 11 is 1.72. The number of hydrogen-bond acceptors (Lipinski definition) is 3. The Morgan fingerprint density at radius 1 is 1.29 bits per heavy atom. The van der Waals surface area contributed by atoms with E-state index in [2.05, 4.69) is 53.8 Å². The van der Waals surface area contributed by atoms with Crippen molar-refractivity contribution >= 4 is 22.2 Å². The minimum atomic E-state index is 0.910. The van der Waals surface area contributed by atoms with Gasteiger partial charge in [-0.3, -0.25) is 4.98 Å². The lowest BCUT2D eigenvalue weighted by molar-refractivity contribution is 0.727. The molecule has 3 nitrogen and oxygen atoms in total. The van der Waals surface area contributed by atoms with Gasteiger partial charge in [-0.05, 0) is 43.7 Å². The third kappa shape index (κ3) is 2.74. The number of benzene rings is 1. The van der Waals surface area contributed by atoms with Crippen molar-refractivity contribution in [3.05, 3.63) is 51.6 Å². The Kier molecular flexibility index (Phi) is 4.08. The molecule has 21 heavy (non-hydrogen) atoms. The summed E-state index contributed by atoms with van der Waals surface area (Å²) in [6.07, 6.45) is 1.96. The van der Waals surface area contributed by atoms with E-state index in [1.165, 1.54) is 32.6 Å². The SMILES string of the molecule is CCNCc1ccc2c(c1)c(C)c(C)n2Cc1cncs1. The standard InChI is InChI=1S/C17H21N3S/c1-4-18-8-14-5-6-17-16(7-14)12(2)13(3)20(17)10-15-9-19-11-21-15/h5-7,9,11,18H,4,8,10H2,1-3H3. The molecule has 0 spiro atoms. The van der Waals surface area contributed by atoms with Gasteiger partial charge in [0.2, 0.25) is 0 Å². The first-order chi connectivity index (χ1) is 10.2. The molecule has 3 aromatic rings. The van der Waals surface area contributed by atoms with E-state index in [1.807, 2.05) is 11.7 Å².